The second kappa shape index (κ2) is 3.76. The van der Waals surface area contributed by atoms with Gasteiger partial charge in [0.2, 0.25) is 0 Å². The smallest absolute Gasteiger partial charge is 0.109 e. The molecule has 74 valence electrons. The predicted octanol–water partition coefficient (Wildman–Crippen LogP) is 2.75. The summed E-state index contributed by atoms with van der Waals surface area (Å²) in [5.41, 5.74) is 7.22. The van der Waals surface area contributed by atoms with Crippen LogP contribution in [-0.4, -0.2) is 4.98 Å². The molecule has 3 heteroatoms. The molecule has 1 aromatic heterocycles. The Kier molecular flexibility index (Phi) is 3.09. The van der Waals surface area contributed by atoms with Crippen molar-refractivity contribution in [2.45, 2.75) is 40.2 Å². The molecule has 1 heterocycles. The van der Waals surface area contributed by atoms with Crippen molar-refractivity contribution in [2.75, 3.05) is 0 Å². The Balaban J connectivity index is 2.70. The van der Waals surface area contributed by atoms with Gasteiger partial charge in [-0.2, -0.15) is 0 Å². The zero-order chi connectivity index (χ0) is 10.1. The van der Waals surface area contributed by atoms with Gasteiger partial charge in [0.05, 0.1) is 11.7 Å². The number of hydrogen-bond acceptors (Lipinski definition) is 3. The molecule has 0 spiro atoms. The Morgan fingerprint density at radius 3 is 2.54 bits per heavy atom. The fourth-order valence-corrected chi connectivity index (χ4v) is 1.93. The Hall–Kier alpha value is -0.410. The average molecular weight is 198 g/mol. The summed E-state index contributed by atoms with van der Waals surface area (Å²) in [7, 11) is 0. The van der Waals surface area contributed by atoms with E-state index in [-0.39, 0.29) is 6.04 Å². The maximum Gasteiger partial charge on any atom is 0.109 e. The average Bonchev–Trinajstić information content (AvgIpc) is 2.31. The summed E-state index contributed by atoms with van der Waals surface area (Å²) < 4.78 is 0. The molecule has 0 radical (unpaired) electrons. The van der Waals surface area contributed by atoms with Crippen LogP contribution in [0.25, 0.3) is 0 Å². The van der Waals surface area contributed by atoms with Crippen molar-refractivity contribution in [1.29, 1.82) is 0 Å². The van der Waals surface area contributed by atoms with E-state index in [2.05, 4.69) is 31.1 Å². The molecule has 0 fully saturated rings. The molecule has 0 saturated heterocycles. The molecule has 13 heavy (non-hydrogen) atoms. The van der Waals surface area contributed by atoms with Crippen LogP contribution in [0.1, 0.15) is 44.4 Å². The minimum Gasteiger partial charge on any atom is -0.322 e. The van der Waals surface area contributed by atoms with Crippen molar-refractivity contribution in [3.8, 4) is 0 Å². The highest BCUT2D eigenvalue weighted by atomic mass is 32.1. The zero-order valence-electron chi connectivity index (χ0n) is 8.79. The molecule has 1 rings (SSSR count). The van der Waals surface area contributed by atoms with E-state index in [0.29, 0.717) is 5.41 Å². The number of hydrogen-bond donors (Lipinski definition) is 1. The van der Waals surface area contributed by atoms with Crippen LogP contribution >= 0.6 is 11.3 Å². The third-order valence-corrected chi connectivity index (χ3v) is 2.76. The van der Waals surface area contributed by atoms with Crippen molar-refractivity contribution in [3.63, 3.8) is 0 Å². The largest absolute Gasteiger partial charge is 0.322 e. The lowest BCUT2D eigenvalue weighted by Crippen LogP contribution is -2.10. The van der Waals surface area contributed by atoms with Gasteiger partial charge < -0.3 is 5.73 Å². The van der Waals surface area contributed by atoms with Crippen molar-refractivity contribution < 1.29 is 0 Å². The molecule has 0 saturated carbocycles. The molecule has 1 aromatic rings. The lowest BCUT2D eigenvalue weighted by molar-refractivity contribution is 0.406. The van der Waals surface area contributed by atoms with Gasteiger partial charge in [-0.25, -0.2) is 4.98 Å². The lowest BCUT2D eigenvalue weighted by Gasteiger charge is -2.15. The van der Waals surface area contributed by atoms with Crippen LogP contribution in [0.3, 0.4) is 0 Å². The van der Waals surface area contributed by atoms with Gasteiger partial charge in [-0.1, -0.05) is 20.8 Å². The van der Waals surface area contributed by atoms with Crippen LogP contribution < -0.4 is 5.73 Å². The van der Waals surface area contributed by atoms with Gasteiger partial charge in [0.25, 0.3) is 0 Å². The zero-order valence-corrected chi connectivity index (χ0v) is 9.61. The first kappa shape index (κ1) is 10.7. The van der Waals surface area contributed by atoms with Crippen LogP contribution in [0.15, 0.2) is 5.38 Å². The minimum atomic E-state index is 0.0683. The molecule has 0 aliphatic heterocycles. The molecule has 0 bridgehead atoms. The number of nitrogens with two attached hydrogens (primary N) is 1. The highest BCUT2D eigenvalue weighted by Crippen LogP contribution is 2.23. The number of nitrogens with zero attached hydrogens (tertiary/aromatic N) is 1. The fraction of sp³-hybridized carbons (Fsp3) is 0.700. The van der Waals surface area contributed by atoms with E-state index in [1.165, 1.54) is 5.69 Å². The Bertz CT molecular complexity index is 271. The van der Waals surface area contributed by atoms with E-state index in [1.807, 2.05) is 6.92 Å². The van der Waals surface area contributed by atoms with E-state index in [4.69, 9.17) is 5.73 Å². The van der Waals surface area contributed by atoms with Crippen molar-refractivity contribution in [3.05, 3.63) is 16.1 Å². The third-order valence-electron chi connectivity index (χ3n) is 1.67. The molecule has 0 aliphatic rings. The van der Waals surface area contributed by atoms with Crippen LogP contribution in [0, 0.1) is 5.41 Å². The third kappa shape index (κ3) is 3.44. The molecule has 0 aliphatic carbocycles. The highest BCUT2D eigenvalue weighted by Gasteiger charge is 2.14. The molecule has 0 amide bonds. The van der Waals surface area contributed by atoms with E-state index in [9.17, 15) is 0 Å². The number of aromatic nitrogens is 1. The van der Waals surface area contributed by atoms with E-state index >= 15 is 0 Å². The first-order valence-electron chi connectivity index (χ1n) is 4.58. The van der Waals surface area contributed by atoms with Crippen molar-refractivity contribution in [2.24, 2.45) is 11.1 Å². The van der Waals surface area contributed by atoms with Crippen LogP contribution in [-0.2, 0) is 6.42 Å². The summed E-state index contributed by atoms with van der Waals surface area (Å²) in [4.78, 5) is 4.49. The van der Waals surface area contributed by atoms with Crippen LogP contribution in [0.4, 0.5) is 0 Å². The summed E-state index contributed by atoms with van der Waals surface area (Å²) in [5.74, 6) is 0. The van der Waals surface area contributed by atoms with Gasteiger partial charge in [0.1, 0.15) is 5.01 Å². The maximum atomic E-state index is 5.74. The van der Waals surface area contributed by atoms with Crippen LogP contribution in [0.2, 0.25) is 0 Å². The fourth-order valence-electron chi connectivity index (χ4n) is 1.16. The highest BCUT2D eigenvalue weighted by molar-refractivity contribution is 7.09. The number of thiazole rings is 1. The Morgan fingerprint density at radius 2 is 2.15 bits per heavy atom. The van der Waals surface area contributed by atoms with E-state index < -0.39 is 0 Å². The Labute approximate surface area is 84.2 Å². The molecule has 0 aromatic carbocycles. The second-order valence-electron chi connectivity index (χ2n) is 4.70. The molecule has 2 N–H and O–H groups in total. The van der Waals surface area contributed by atoms with Crippen molar-refractivity contribution in [1.82, 2.24) is 4.98 Å². The summed E-state index contributed by atoms with van der Waals surface area (Å²) in [6.45, 7) is 8.63. The van der Waals surface area contributed by atoms with Gasteiger partial charge in [-0.3, -0.25) is 0 Å². The monoisotopic (exact) mass is 198 g/mol. The first-order chi connectivity index (χ1) is 5.88. The van der Waals surface area contributed by atoms with Gasteiger partial charge in [0, 0.05) is 5.38 Å². The second-order valence-corrected chi connectivity index (χ2v) is 5.59. The molecule has 2 nitrogen and oxygen atoms in total. The molecular formula is C10H18N2S. The SMILES string of the molecule is C[C@H](N)c1nc(CC(C)(C)C)cs1. The first-order valence-corrected chi connectivity index (χ1v) is 5.46. The molecule has 0 unspecified atom stereocenters. The van der Waals surface area contributed by atoms with Gasteiger partial charge in [-0.15, -0.1) is 11.3 Å². The quantitative estimate of drug-likeness (QED) is 0.793. The Morgan fingerprint density at radius 1 is 1.54 bits per heavy atom. The van der Waals surface area contributed by atoms with Gasteiger partial charge in [-0.05, 0) is 18.8 Å². The summed E-state index contributed by atoms with van der Waals surface area (Å²) in [6.07, 6.45) is 1.02. The topological polar surface area (TPSA) is 38.9 Å². The summed E-state index contributed by atoms with van der Waals surface area (Å²) in [6, 6.07) is 0.0683. The van der Waals surface area contributed by atoms with Gasteiger partial charge in [0.15, 0.2) is 0 Å². The number of rotatable bonds is 2. The van der Waals surface area contributed by atoms with E-state index in [0.717, 1.165) is 11.4 Å². The summed E-state index contributed by atoms with van der Waals surface area (Å²) >= 11 is 1.66. The van der Waals surface area contributed by atoms with Crippen molar-refractivity contribution >= 4 is 11.3 Å². The van der Waals surface area contributed by atoms with Gasteiger partial charge >= 0.3 is 0 Å². The summed E-state index contributed by atoms with van der Waals surface area (Å²) in [5, 5.41) is 3.16. The van der Waals surface area contributed by atoms with Crippen LogP contribution in [0.5, 0.6) is 0 Å². The lowest BCUT2D eigenvalue weighted by atomic mass is 9.91. The molecular weight excluding hydrogens is 180 g/mol. The normalized spacial score (nSPS) is 14.5. The van der Waals surface area contributed by atoms with E-state index in [1.54, 1.807) is 11.3 Å². The standard InChI is InChI=1S/C10H18N2S/c1-7(11)9-12-8(6-13-9)5-10(2,3)4/h6-7H,5,11H2,1-4H3/t7-/m0/s1. The maximum absolute atomic E-state index is 5.74. The predicted molar refractivity (Wildman–Crippen MR) is 57.9 cm³/mol. The molecule has 1 atom stereocenters. The minimum absolute atomic E-state index is 0.0683.